The van der Waals surface area contributed by atoms with Crippen molar-refractivity contribution in [3.05, 3.63) is 29.8 Å². The average Bonchev–Trinajstić information content (AvgIpc) is 2.60. The van der Waals surface area contributed by atoms with E-state index in [0.717, 1.165) is 21.8 Å². The second kappa shape index (κ2) is 5.22. The predicted octanol–water partition coefficient (Wildman–Crippen LogP) is 2.09. The van der Waals surface area contributed by atoms with Crippen molar-refractivity contribution in [1.29, 1.82) is 0 Å². The van der Waals surface area contributed by atoms with Gasteiger partial charge >= 0.3 is 17.8 Å². The van der Waals surface area contributed by atoms with Crippen LogP contribution in [0.1, 0.15) is 25.3 Å². The summed E-state index contributed by atoms with van der Waals surface area (Å²) in [5.41, 5.74) is 1.46. The van der Waals surface area contributed by atoms with Crippen molar-refractivity contribution in [2.24, 2.45) is 0 Å². The number of carbonyl (C=O) groups excluding carboxylic acids is 3. The molecule has 0 radical (unpaired) electrons. The van der Waals surface area contributed by atoms with Crippen molar-refractivity contribution < 1.29 is 14.4 Å². The van der Waals surface area contributed by atoms with Crippen LogP contribution in [0, 0.1) is 6.92 Å². The highest BCUT2D eigenvalue weighted by Crippen LogP contribution is 2.22. The van der Waals surface area contributed by atoms with Crippen LogP contribution in [0.15, 0.2) is 24.3 Å². The molecule has 0 bridgehead atoms. The molecular formula is C14H16N2O3. The Morgan fingerprint density at radius 3 is 2.21 bits per heavy atom. The summed E-state index contributed by atoms with van der Waals surface area (Å²) in [5.74, 6) is -1.51. The van der Waals surface area contributed by atoms with E-state index in [0.29, 0.717) is 18.7 Å². The number of nitrogens with zero attached hydrogens (tertiary/aromatic N) is 2. The SMILES string of the molecule is CCCCN1C(=O)C(=O)N(c2ccc(C)cc2)C1=O. The second-order valence-corrected chi connectivity index (χ2v) is 4.57. The van der Waals surface area contributed by atoms with Gasteiger partial charge in [0.2, 0.25) is 0 Å². The van der Waals surface area contributed by atoms with Crippen molar-refractivity contribution in [3.63, 3.8) is 0 Å². The lowest BCUT2D eigenvalue weighted by Crippen LogP contribution is -2.34. The van der Waals surface area contributed by atoms with Crippen molar-refractivity contribution in [3.8, 4) is 0 Å². The Balaban J connectivity index is 2.27. The molecule has 1 aliphatic rings. The van der Waals surface area contributed by atoms with Crippen molar-refractivity contribution >= 4 is 23.5 Å². The number of aryl methyl sites for hydroxylation is 1. The van der Waals surface area contributed by atoms with E-state index in [2.05, 4.69) is 0 Å². The number of imide groups is 2. The highest BCUT2D eigenvalue weighted by atomic mass is 16.2. The zero-order valence-electron chi connectivity index (χ0n) is 11.0. The Labute approximate surface area is 111 Å². The molecule has 0 aliphatic carbocycles. The van der Waals surface area contributed by atoms with Crippen LogP contribution in [0.4, 0.5) is 10.5 Å². The molecule has 0 saturated carbocycles. The van der Waals surface area contributed by atoms with Crippen LogP contribution in [0.25, 0.3) is 0 Å². The molecule has 1 saturated heterocycles. The van der Waals surface area contributed by atoms with Gasteiger partial charge in [-0.2, -0.15) is 0 Å². The van der Waals surface area contributed by atoms with Gasteiger partial charge in [0.05, 0.1) is 5.69 Å². The fraction of sp³-hybridized carbons (Fsp3) is 0.357. The lowest BCUT2D eigenvalue weighted by Gasteiger charge is -2.15. The summed E-state index contributed by atoms with van der Waals surface area (Å²) in [4.78, 5) is 37.8. The van der Waals surface area contributed by atoms with Gasteiger partial charge in [0.15, 0.2) is 0 Å². The van der Waals surface area contributed by atoms with E-state index < -0.39 is 17.8 Å². The van der Waals surface area contributed by atoms with Crippen LogP contribution in [0.3, 0.4) is 0 Å². The van der Waals surface area contributed by atoms with Crippen LogP contribution < -0.4 is 4.90 Å². The minimum Gasteiger partial charge on any atom is -0.263 e. The third-order valence-corrected chi connectivity index (χ3v) is 3.08. The molecule has 0 unspecified atom stereocenters. The first-order valence-electron chi connectivity index (χ1n) is 6.33. The van der Waals surface area contributed by atoms with Gasteiger partial charge < -0.3 is 0 Å². The minimum atomic E-state index is -0.773. The van der Waals surface area contributed by atoms with Crippen LogP contribution >= 0.6 is 0 Å². The largest absolute Gasteiger partial charge is 0.338 e. The monoisotopic (exact) mass is 260 g/mol. The third kappa shape index (κ3) is 2.36. The maximum Gasteiger partial charge on any atom is 0.338 e. The minimum absolute atomic E-state index is 0.294. The molecule has 0 aromatic heterocycles. The number of anilines is 1. The van der Waals surface area contributed by atoms with E-state index in [4.69, 9.17) is 0 Å². The summed E-state index contributed by atoms with van der Waals surface area (Å²) in [6.07, 6.45) is 1.56. The molecule has 100 valence electrons. The molecule has 1 aliphatic heterocycles. The van der Waals surface area contributed by atoms with Gasteiger partial charge in [0, 0.05) is 6.54 Å². The van der Waals surface area contributed by atoms with Gasteiger partial charge in [0.25, 0.3) is 0 Å². The molecule has 1 fully saturated rings. The van der Waals surface area contributed by atoms with Crippen LogP contribution in [-0.4, -0.2) is 29.3 Å². The first-order valence-corrected chi connectivity index (χ1v) is 6.33. The van der Waals surface area contributed by atoms with Crippen LogP contribution in [0.2, 0.25) is 0 Å². The average molecular weight is 260 g/mol. The van der Waals surface area contributed by atoms with Crippen molar-refractivity contribution in [1.82, 2.24) is 4.90 Å². The second-order valence-electron chi connectivity index (χ2n) is 4.57. The van der Waals surface area contributed by atoms with Crippen LogP contribution in [-0.2, 0) is 9.59 Å². The standard InChI is InChI=1S/C14H16N2O3/c1-3-4-9-15-12(17)13(18)16(14(15)19)11-7-5-10(2)6-8-11/h5-8H,3-4,9H2,1-2H3. The predicted molar refractivity (Wildman–Crippen MR) is 70.7 cm³/mol. The molecule has 4 amide bonds. The number of rotatable bonds is 4. The normalized spacial score (nSPS) is 15.6. The summed E-state index contributed by atoms with van der Waals surface area (Å²) in [6.45, 7) is 4.17. The number of benzene rings is 1. The number of carbonyl (C=O) groups is 3. The van der Waals surface area contributed by atoms with Gasteiger partial charge in [0.1, 0.15) is 0 Å². The summed E-state index contributed by atoms with van der Waals surface area (Å²) < 4.78 is 0. The third-order valence-electron chi connectivity index (χ3n) is 3.08. The fourth-order valence-corrected chi connectivity index (χ4v) is 1.94. The summed E-state index contributed by atoms with van der Waals surface area (Å²) >= 11 is 0. The Morgan fingerprint density at radius 1 is 1.00 bits per heavy atom. The quantitative estimate of drug-likeness (QED) is 0.615. The molecule has 2 rings (SSSR count). The molecule has 0 atom stereocenters. The Kier molecular flexibility index (Phi) is 3.64. The highest BCUT2D eigenvalue weighted by molar-refractivity contribution is 6.52. The topological polar surface area (TPSA) is 57.7 Å². The molecule has 5 heteroatoms. The number of hydrogen-bond donors (Lipinski definition) is 0. The Hall–Kier alpha value is -2.17. The first-order chi connectivity index (χ1) is 9.06. The summed E-state index contributed by atoms with van der Waals surface area (Å²) in [6, 6.07) is 6.39. The lowest BCUT2D eigenvalue weighted by molar-refractivity contribution is -0.139. The van der Waals surface area contributed by atoms with E-state index >= 15 is 0 Å². The highest BCUT2D eigenvalue weighted by Gasteiger charge is 2.44. The smallest absolute Gasteiger partial charge is 0.263 e. The fourth-order valence-electron chi connectivity index (χ4n) is 1.94. The van der Waals surface area contributed by atoms with Gasteiger partial charge in [-0.05, 0) is 25.5 Å². The van der Waals surface area contributed by atoms with E-state index in [1.165, 1.54) is 0 Å². The zero-order valence-corrected chi connectivity index (χ0v) is 11.0. The van der Waals surface area contributed by atoms with E-state index in [1.807, 2.05) is 13.8 Å². The van der Waals surface area contributed by atoms with Gasteiger partial charge in [-0.1, -0.05) is 31.0 Å². The number of hydrogen-bond acceptors (Lipinski definition) is 3. The van der Waals surface area contributed by atoms with E-state index in [9.17, 15) is 14.4 Å². The van der Waals surface area contributed by atoms with Crippen molar-refractivity contribution in [2.75, 3.05) is 11.4 Å². The molecule has 1 aromatic rings. The first kappa shape index (κ1) is 13.3. The molecule has 19 heavy (non-hydrogen) atoms. The number of amides is 4. The molecule has 0 spiro atoms. The Bertz CT molecular complexity index is 522. The molecule has 0 N–H and O–H groups in total. The van der Waals surface area contributed by atoms with Crippen LogP contribution in [0.5, 0.6) is 0 Å². The zero-order chi connectivity index (χ0) is 14.0. The Morgan fingerprint density at radius 2 is 1.63 bits per heavy atom. The van der Waals surface area contributed by atoms with Crippen molar-refractivity contribution in [2.45, 2.75) is 26.7 Å². The summed E-state index contributed by atoms with van der Waals surface area (Å²) in [5, 5.41) is 0. The molecule has 5 nitrogen and oxygen atoms in total. The van der Waals surface area contributed by atoms with Gasteiger partial charge in [-0.25, -0.2) is 9.69 Å². The maximum absolute atomic E-state index is 12.1. The molecule has 1 heterocycles. The lowest BCUT2D eigenvalue weighted by atomic mass is 10.2. The summed E-state index contributed by atoms with van der Waals surface area (Å²) in [7, 11) is 0. The maximum atomic E-state index is 12.1. The number of urea groups is 1. The van der Waals surface area contributed by atoms with E-state index in [-0.39, 0.29) is 0 Å². The number of unbranched alkanes of at least 4 members (excludes halogenated alkanes) is 1. The molecular weight excluding hydrogens is 244 g/mol. The van der Waals surface area contributed by atoms with Gasteiger partial charge in [-0.15, -0.1) is 0 Å². The molecule has 1 aromatic carbocycles. The van der Waals surface area contributed by atoms with E-state index in [1.54, 1.807) is 24.3 Å². The van der Waals surface area contributed by atoms with Gasteiger partial charge in [-0.3, -0.25) is 14.5 Å².